The van der Waals surface area contributed by atoms with E-state index in [4.69, 9.17) is 4.74 Å². The Bertz CT molecular complexity index is 1290. The van der Waals surface area contributed by atoms with Gasteiger partial charge in [-0.2, -0.15) is 4.31 Å². The number of ether oxygens (including phenoxy) is 1. The molecule has 0 unspecified atom stereocenters. The van der Waals surface area contributed by atoms with Gasteiger partial charge in [-0.1, -0.05) is 36.4 Å². The Labute approximate surface area is 206 Å². The number of carbonyl (C=O) groups excluding carboxylic acids is 2. The quantitative estimate of drug-likeness (QED) is 0.439. The third-order valence-electron chi connectivity index (χ3n) is 5.07. The van der Waals surface area contributed by atoms with E-state index in [-0.39, 0.29) is 17.3 Å². The van der Waals surface area contributed by atoms with E-state index in [1.165, 1.54) is 13.0 Å². The van der Waals surface area contributed by atoms with Crippen LogP contribution in [0.2, 0.25) is 0 Å². The van der Waals surface area contributed by atoms with Gasteiger partial charge in [-0.3, -0.25) is 9.59 Å². The van der Waals surface area contributed by atoms with Gasteiger partial charge in [-0.25, -0.2) is 8.42 Å². The molecule has 0 fully saturated rings. The first-order valence-corrected chi connectivity index (χ1v) is 12.6. The average molecular weight is 496 g/mol. The predicted octanol–water partition coefficient (Wildman–Crippen LogP) is 4.18. The van der Waals surface area contributed by atoms with E-state index in [0.717, 1.165) is 9.87 Å². The topological polar surface area (TPSA) is 105 Å². The number of aryl methyl sites for hydroxylation is 1. The van der Waals surface area contributed by atoms with Gasteiger partial charge < -0.3 is 15.4 Å². The summed E-state index contributed by atoms with van der Waals surface area (Å²) in [6.07, 6.45) is 0. The number of sulfonamides is 1. The number of benzene rings is 3. The molecule has 0 saturated heterocycles. The van der Waals surface area contributed by atoms with Gasteiger partial charge in [0, 0.05) is 24.8 Å². The second-order valence-electron chi connectivity index (χ2n) is 7.93. The van der Waals surface area contributed by atoms with Crippen molar-refractivity contribution < 1.29 is 22.7 Å². The summed E-state index contributed by atoms with van der Waals surface area (Å²) in [7, 11) is -4.00. The maximum Gasteiger partial charge on any atom is 0.243 e. The van der Waals surface area contributed by atoms with Crippen LogP contribution in [0.25, 0.3) is 0 Å². The molecule has 9 heteroatoms. The van der Waals surface area contributed by atoms with E-state index in [1.807, 2.05) is 25.1 Å². The molecule has 0 saturated carbocycles. The minimum absolute atomic E-state index is 0.0226. The minimum atomic E-state index is -4.00. The van der Waals surface area contributed by atoms with E-state index < -0.39 is 22.5 Å². The van der Waals surface area contributed by atoms with Crippen LogP contribution in [0.1, 0.15) is 25.0 Å². The first kappa shape index (κ1) is 25.9. The highest BCUT2D eigenvalue weighted by Crippen LogP contribution is 2.25. The molecular formula is C26H29N3O5S. The number of hydrogen-bond donors (Lipinski definition) is 2. The van der Waals surface area contributed by atoms with Crippen LogP contribution in [0, 0.1) is 6.92 Å². The maximum absolute atomic E-state index is 13.6. The highest BCUT2D eigenvalue weighted by molar-refractivity contribution is 7.89. The summed E-state index contributed by atoms with van der Waals surface area (Å²) >= 11 is 0. The van der Waals surface area contributed by atoms with Crippen LogP contribution in [0.3, 0.4) is 0 Å². The first-order chi connectivity index (χ1) is 16.7. The van der Waals surface area contributed by atoms with E-state index >= 15 is 0 Å². The van der Waals surface area contributed by atoms with Crippen molar-refractivity contribution in [3.8, 4) is 5.75 Å². The molecule has 0 radical (unpaired) electrons. The van der Waals surface area contributed by atoms with Gasteiger partial charge in [0.15, 0.2) is 0 Å². The van der Waals surface area contributed by atoms with Crippen molar-refractivity contribution in [3.05, 3.63) is 83.9 Å². The molecule has 0 atom stereocenters. The van der Waals surface area contributed by atoms with Gasteiger partial charge in [0.25, 0.3) is 0 Å². The average Bonchev–Trinajstić information content (AvgIpc) is 2.80. The van der Waals surface area contributed by atoms with Gasteiger partial charge in [-0.15, -0.1) is 0 Å². The van der Waals surface area contributed by atoms with E-state index in [9.17, 15) is 18.0 Å². The van der Waals surface area contributed by atoms with Crippen molar-refractivity contribution in [3.63, 3.8) is 0 Å². The molecule has 0 aliphatic carbocycles. The van der Waals surface area contributed by atoms with Crippen molar-refractivity contribution in [2.75, 3.05) is 23.8 Å². The molecule has 2 N–H and O–H groups in total. The number of nitrogens with one attached hydrogen (secondary N) is 2. The third-order valence-corrected chi connectivity index (χ3v) is 6.86. The third kappa shape index (κ3) is 7.14. The van der Waals surface area contributed by atoms with Crippen LogP contribution < -0.4 is 15.4 Å². The zero-order chi connectivity index (χ0) is 25.4. The Morgan fingerprint density at radius 3 is 2.23 bits per heavy atom. The second-order valence-corrected chi connectivity index (χ2v) is 9.87. The monoisotopic (exact) mass is 495 g/mol. The normalized spacial score (nSPS) is 11.2. The van der Waals surface area contributed by atoms with Gasteiger partial charge in [0.05, 0.1) is 18.0 Å². The standard InChI is InChI=1S/C26H29N3O5S/c1-4-34-25-14-13-24(15-19(25)2)35(32,33)29(17-21-9-6-5-7-10-21)18-26(31)28-23-12-8-11-22(16-23)27-20(3)30/h5-16H,4,17-18H2,1-3H3,(H,27,30)(H,28,31). The highest BCUT2D eigenvalue weighted by atomic mass is 32.2. The van der Waals surface area contributed by atoms with Crippen LogP contribution in [-0.2, 0) is 26.2 Å². The van der Waals surface area contributed by atoms with Gasteiger partial charge >= 0.3 is 0 Å². The highest BCUT2D eigenvalue weighted by Gasteiger charge is 2.27. The Hall–Kier alpha value is -3.69. The summed E-state index contributed by atoms with van der Waals surface area (Å²) in [5.74, 6) is -0.135. The molecule has 0 aliphatic heterocycles. The summed E-state index contributed by atoms with van der Waals surface area (Å²) in [5, 5.41) is 5.37. The van der Waals surface area contributed by atoms with Gasteiger partial charge in [0.1, 0.15) is 5.75 Å². The Morgan fingerprint density at radius 1 is 0.914 bits per heavy atom. The smallest absolute Gasteiger partial charge is 0.243 e. The number of nitrogens with zero attached hydrogens (tertiary/aromatic N) is 1. The number of anilines is 2. The summed E-state index contributed by atoms with van der Waals surface area (Å²) in [6, 6.07) is 20.4. The fourth-order valence-electron chi connectivity index (χ4n) is 3.50. The maximum atomic E-state index is 13.6. The fraction of sp³-hybridized carbons (Fsp3) is 0.231. The summed E-state index contributed by atoms with van der Waals surface area (Å²) < 4.78 is 33.8. The molecular weight excluding hydrogens is 466 g/mol. The lowest BCUT2D eigenvalue weighted by Crippen LogP contribution is -2.37. The molecule has 0 aliphatic rings. The van der Waals surface area contributed by atoms with E-state index in [2.05, 4.69) is 10.6 Å². The summed E-state index contributed by atoms with van der Waals surface area (Å²) in [6.45, 7) is 5.12. The van der Waals surface area contributed by atoms with Crippen molar-refractivity contribution in [1.82, 2.24) is 4.31 Å². The Kier molecular flexibility index (Phi) is 8.62. The van der Waals surface area contributed by atoms with Crippen molar-refractivity contribution >= 4 is 33.2 Å². The summed E-state index contributed by atoms with van der Waals surface area (Å²) in [5.41, 5.74) is 2.40. The minimum Gasteiger partial charge on any atom is -0.494 e. The van der Waals surface area contributed by atoms with Crippen molar-refractivity contribution in [2.24, 2.45) is 0 Å². The van der Waals surface area contributed by atoms with Gasteiger partial charge in [-0.05, 0) is 61.4 Å². The van der Waals surface area contributed by atoms with E-state index in [0.29, 0.717) is 29.3 Å². The van der Waals surface area contributed by atoms with Crippen LogP contribution in [0.4, 0.5) is 11.4 Å². The van der Waals surface area contributed by atoms with E-state index in [1.54, 1.807) is 55.5 Å². The lowest BCUT2D eigenvalue weighted by molar-refractivity contribution is -0.116. The first-order valence-electron chi connectivity index (χ1n) is 11.1. The molecule has 0 heterocycles. The van der Waals surface area contributed by atoms with Crippen LogP contribution in [0.15, 0.2) is 77.7 Å². The van der Waals surface area contributed by atoms with Gasteiger partial charge in [0.2, 0.25) is 21.8 Å². The van der Waals surface area contributed by atoms with Crippen molar-refractivity contribution in [2.45, 2.75) is 32.2 Å². The molecule has 35 heavy (non-hydrogen) atoms. The molecule has 0 aromatic heterocycles. The molecule has 8 nitrogen and oxygen atoms in total. The lowest BCUT2D eigenvalue weighted by atomic mass is 10.2. The zero-order valence-electron chi connectivity index (χ0n) is 19.9. The predicted molar refractivity (Wildman–Crippen MR) is 136 cm³/mol. The molecule has 3 aromatic carbocycles. The summed E-state index contributed by atoms with van der Waals surface area (Å²) in [4.78, 5) is 24.3. The molecule has 2 amide bonds. The molecule has 0 spiro atoms. The Morgan fingerprint density at radius 2 is 1.60 bits per heavy atom. The van der Waals surface area contributed by atoms with Crippen LogP contribution in [-0.4, -0.2) is 37.7 Å². The van der Waals surface area contributed by atoms with Crippen LogP contribution in [0.5, 0.6) is 5.75 Å². The number of hydrogen-bond acceptors (Lipinski definition) is 5. The number of amides is 2. The molecule has 0 bridgehead atoms. The van der Waals surface area contributed by atoms with Crippen LogP contribution >= 0.6 is 0 Å². The zero-order valence-corrected chi connectivity index (χ0v) is 20.8. The molecule has 3 aromatic rings. The lowest BCUT2D eigenvalue weighted by Gasteiger charge is -2.22. The Balaban J connectivity index is 1.86. The number of carbonyl (C=O) groups is 2. The number of rotatable bonds is 10. The second kappa shape index (κ2) is 11.6. The van der Waals surface area contributed by atoms with Crippen molar-refractivity contribution in [1.29, 1.82) is 0 Å². The fourth-order valence-corrected chi connectivity index (χ4v) is 4.97. The SMILES string of the molecule is CCOc1ccc(S(=O)(=O)N(CC(=O)Nc2cccc(NC(C)=O)c2)Cc2ccccc2)cc1C. The largest absolute Gasteiger partial charge is 0.494 e. The molecule has 3 rings (SSSR count). The molecule has 184 valence electrons.